The molecule has 1 heteroatoms. The van der Waals surface area contributed by atoms with Crippen molar-refractivity contribution >= 4 is 5.57 Å². The van der Waals surface area contributed by atoms with Crippen LogP contribution >= 0.6 is 0 Å². The lowest BCUT2D eigenvalue weighted by molar-refractivity contribution is 0.0467. The number of hydrogen-bond acceptors (Lipinski definition) is 1. The average Bonchev–Trinajstić information content (AvgIpc) is 2.44. The van der Waals surface area contributed by atoms with Crippen LogP contribution in [-0.4, -0.2) is 6.10 Å². The first-order valence-corrected chi connectivity index (χ1v) is 7.86. The van der Waals surface area contributed by atoms with E-state index >= 15 is 0 Å². The van der Waals surface area contributed by atoms with E-state index in [0.29, 0.717) is 17.4 Å². The summed E-state index contributed by atoms with van der Waals surface area (Å²) in [6, 6.07) is 10.4. The van der Waals surface area contributed by atoms with Gasteiger partial charge in [0.1, 0.15) is 0 Å². The molecule has 1 aromatic rings. The monoisotopic (exact) mass is 272 g/mol. The molecule has 0 bridgehead atoms. The van der Waals surface area contributed by atoms with Gasteiger partial charge in [-0.2, -0.15) is 0 Å². The second-order valence-corrected chi connectivity index (χ2v) is 7.03. The largest absolute Gasteiger partial charge is 0.498 e. The van der Waals surface area contributed by atoms with E-state index < -0.39 is 0 Å². The van der Waals surface area contributed by atoms with E-state index in [1.807, 2.05) is 12.3 Å². The number of rotatable bonds is 4. The van der Waals surface area contributed by atoms with Crippen molar-refractivity contribution in [3.63, 3.8) is 0 Å². The summed E-state index contributed by atoms with van der Waals surface area (Å²) in [6.45, 7) is 9.11. The minimum absolute atomic E-state index is 0.313. The van der Waals surface area contributed by atoms with Crippen molar-refractivity contribution in [1.82, 2.24) is 0 Å². The van der Waals surface area contributed by atoms with Gasteiger partial charge in [0.25, 0.3) is 0 Å². The molecular formula is C19H28O. The van der Waals surface area contributed by atoms with Gasteiger partial charge in [-0.05, 0) is 55.6 Å². The van der Waals surface area contributed by atoms with E-state index in [9.17, 15) is 0 Å². The first-order chi connectivity index (χ1) is 9.48. The molecule has 2 atom stereocenters. The molecule has 1 saturated carbocycles. The summed E-state index contributed by atoms with van der Waals surface area (Å²) in [5.74, 6) is 0.693. The molecule has 0 N–H and O–H groups in total. The molecule has 2 rings (SSSR count). The smallest absolute Gasteiger partial charge is 0.0978 e. The summed E-state index contributed by atoms with van der Waals surface area (Å²) in [6.07, 6.45) is 7.55. The molecule has 1 aromatic carbocycles. The highest BCUT2D eigenvalue weighted by Gasteiger charge is 2.31. The normalized spacial score (nSPS) is 24.2. The van der Waals surface area contributed by atoms with Crippen LogP contribution in [0, 0.1) is 11.3 Å². The lowest BCUT2D eigenvalue weighted by Crippen LogP contribution is -2.30. The van der Waals surface area contributed by atoms with Crippen LogP contribution in [0.15, 0.2) is 36.6 Å². The van der Waals surface area contributed by atoms with Gasteiger partial charge in [-0.15, -0.1) is 0 Å². The van der Waals surface area contributed by atoms with Crippen molar-refractivity contribution < 1.29 is 4.74 Å². The first kappa shape index (κ1) is 15.2. The summed E-state index contributed by atoms with van der Waals surface area (Å²) in [7, 11) is 0. The standard InChI is InChI=1S/C19H28O/c1-15(17-9-6-5-7-10-17)14-20-16(2)18-11-8-12-19(3,4)13-18/h5-7,9-10,14,16,18H,8,11-13H2,1-4H3/b15-14+. The van der Waals surface area contributed by atoms with Gasteiger partial charge in [0.05, 0.1) is 12.4 Å². The molecule has 1 aliphatic rings. The van der Waals surface area contributed by atoms with Crippen molar-refractivity contribution in [2.75, 3.05) is 0 Å². The highest BCUT2D eigenvalue weighted by Crippen LogP contribution is 2.40. The summed E-state index contributed by atoms with van der Waals surface area (Å²) >= 11 is 0. The zero-order chi connectivity index (χ0) is 14.6. The molecule has 1 aliphatic carbocycles. The van der Waals surface area contributed by atoms with Crippen molar-refractivity contribution in [2.45, 2.75) is 59.5 Å². The van der Waals surface area contributed by atoms with Gasteiger partial charge in [-0.3, -0.25) is 0 Å². The minimum atomic E-state index is 0.313. The van der Waals surface area contributed by atoms with Crippen molar-refractivity contribution in [2.24, 2.45) is 11.3 Å². The highest BCUT2D eigenvalue weighted by molar-refractivity contribution is 5.62. The highest BCUT2D eigenvalue weighted by atomic mass is 16.5. The Bertz CT molecular complexity index is 444. The summed E-state index contributed by atoms with van der Waals surface area (Å²) in [5, 5.41) is 0. The van der Waals surface area contributed by atoms with Crippen LogP contribution in [0.5, 0.6) is 0 Å². The SMILES string of the molecule is C/C(=C\OC(C)C1CCCC(C)(C)C1)c1ccccc1. The van der Waals surface area contributed by atoms with Crippen LogP contribution in [0.2, 0.25) is 0 Å². The van der Waals surface area contributed by atoms with E-state index in [0.717, 1.165) is 0 Å². The fraction of sp³-hybridized carbons (Fsp3) is 0.579. The Labute approximate surface area is 124 Å². The van der Waals surface area contributed by atoms with Gasteiger partial charge in [0, 0.05) is 0 Å². The zero-order valence-corrected chi connectivity index (χ0v) is 13.4. The Balaban J connectivity index is 1.93. The fourth-order valence-electron chi connectivity index (χ4n) is 3.25. The lowest BCUT2D eigenvalue weighted by Gasteiger charge is -2.37. The van der Waals surface area contributed by atoms with E-state index in [2.05, 4.69) is 52.0 Å². The van der Waals surface area contributed by atoms with Gasteiger partial charge >= 0.3 is 0 Å². The molecule has 0 aromatic heterocycles. The molecule has 1 fully saturated rings. The Kier molecular flexibility index (Phi) is 4.91. The molecule has 110 valence electrons. The molecule has 1 nitrogen and oxygen atoms in total. The van der Waals surface area contributed by atoms with Gasteiger partial charge < -0.3 is 4.74 Å². The van der Waals surface area contributed by atoms with Gasteiger partial charge in [0.2, 0.25) is 0 Å². The van der Waals surface area contributed by atoms with Crippen LogP contribution in [0.1, 0.15) is 58.9 Å². The van der Waals surface area contributed by atoms with Crippen LogP contribution in [0.25, 0.3) is 5.57 Å². The maximum absolute atomic E-state index is 6.03. The lowest BCUT2D eigenvalue weighted by atomic mass is 9.71. The maximum Gasteiger partial charge on any atom is 0.0978 e. The van der Waals surface area contributed by atoms with Crippen LogP contribution in [-0.2, 0) is 4.74 Å². The number of hydrogen-bond donors (Lipinski definition) is 0. The second kappa shape index (κ2) is 6.47. The Morgan fingerprint density at radius 2 is 2.00 bits per heavy atom. The van der Waals surface area contributed by atoms with Crippen molar-refractivity contribution in [3.05, 3.63) is 42.2 Å². The van der Waals surface area contributed by atoms with E-state index in [4.69, 9.17) is 4.74 Å². The summed E-state index contributed by atoms with van der Waals surface area (Å²) in [5.41, 5.74) is 2.93. The first-order valence-electron chi connectivity index (χ1n) is 7.86. The van der Waals surface area contributed by atoms with Crippen molar-refractivity contribution in [3.8, 4) is 0 Å². The third-order valence-corrected chi connectivity index (χ3v) is 4.60. The number of benzene rings is 1. The molecule has 0 saturated heterocycles. The van der Waals surface area contributed by atoms with Crippen LogP contribution < -0.4 is 0 Å². The summed E-state index contributed by atoms with van der Waals surface area (Å²) < 4.78 is 6.03. The molecule has 20 heavy (non-hydrogen) atoms. The predicted octanol–water partition coefficient (Wildman–Crippen LogP) is 5.67. The number of ether oxygens (including phenoxy) is 1. The average molecular weight is 272 g/mol. The van der Waals surface area contributed by atoms with Crippen molar-refractivity contribution in [1.29, 1.82) is 0 Å². The van der Waals surface area contributed by atoms with Gasteiger partial charge in [-0.25, -0.2) is 0 Å². The van der Waals surface area contributed by atoms with Crippen LogP contribution in [0.4, 0.5) is 0 Å². The van der Waals surface area contributed by atoms with E-state index in [1.54, 1.807) is 0 Å². The number of allylic oxidation sites excluding steroid dienone is 1. The summed E-state index contributed by atoms with van der Waals surface area (Å²) in [4.78, 5) is 0. The topological polar surface area (TPSA) is 9.23 Å². The van der Waals surface area contributed by atoms with Gasteiger partial charge in [-0.1, -0.05) is 50.6 Å². The predicted molar refractivity (Wildman–Crippen MR) is 86.4 cm³/mol. The molecule has 0 heterocycles. The van der Waals surface area contributed by atoms with Gasteiger partial charge in [0.15, 0.2) is 0 Å². The molecule has 0 spiro atoms. The molecule has 0 radical (unpaired) electrons. The third-order valence-electron chi connectivity index (χ3n) is 4.60. The quantitative estimate of drug-likeness (QED) is 0.642. The van der Waals surface area contributed by atoms with E-state index in [1.165, 1.54) is 36.8 Å². The molecule has 2 unspecified atom stereocenters. The second-order valence-electron chi connectivity index (χ2n) is 7.03. The maximum atomic E-state index is 6.03. The Morgan fingerprint density at radius 3 is 2.65 bits per heavy atom. The van der Waals surface area contributed by atoms with Crippen LogP contribution in [0.3, 0.4) is 0 Å². The third kappa shape index (κ3) is 4.13. The molecular weight excluding hydrogens is 244 g/mol. The Hall–Kier alpha value is -1.24. The molecule has 0 aliphatic heterocycles. The Morgan fingerprint density at radius 1 is 1.30 bits per heavy atom. The molecule has 0 amide bonds. The zero-order valence-electron chi connectivity index (χ0n) is 13.4. The fourth-order valence-corrected chi connectivity index (χ4v) is 3.25. The minimum Gasteiger partial charge on any atom is -0.498 e. The van der Waals surface area contributed by atoms with E-state index in [-0.39, 0.29) is 0 Å².